The summed E-state index contributed by atoms with van der Waals surface area (Å²) in [6.07, 6.45) is -1.11. The van der Waals surface area contributed by atoms with Gasteiger partial charge in [-0.05, 0) is 79.2 Å². The molecule has 0 aliphatic rings. The number of nitrogens with zero attached hydrogens (tertiary/aromatic N) is 8. The molecular weight excluding hydrogens is 947 g/mol. The van der Waals surface area contributed by atoms with Crippen LogP contribution in [-0.2, 0) is 41.1 Å². The van der Waals surface area contributed by atoms with Crippen LogP contribution in [0.4, 0.5) is 50.9 Å². The fourth-order valence-electron chi connectivity index (χ4n) is 6.07. The molecule has 29 heteroatoms. The molecule has 5 aromatic carbocycles. The molecule has 0 saturated heterocycles. The summed E-state index contributed by atoms with van der Waals surface area (Å²) in [5, 5.41) is 18.6. The standard InChI is InChI=1S/C35H28ClFN12O11S4/c1-17(39-33-44-31(37)45-34(47-33)40-18-8-10-20(11-9-18)61(50)51)16-38-32-42-30(36)43-35(46-32)41-25-13-12-24(22-5-3-7-27(29(22)25)63(55,56)57)49-48-19-14-23-21(28(15-19)64(58,59)60)4-2-6-26(23)62(52,53)54/h2-15,17,61H,16H2,1H3,(H,52,53,54)(H,55,56,57)(H,58,59,60)(H2,38,41,42,43,46)(H2,39,40,44,45,47)/b49-48+. The average Bonchev–Trinajstić information content (AvgIpc) is 3.20. The number of hydrogen-bond acceptors (Lipinski definition) is 20. The summed E-state index contributed by atoms with van der Waals surface area (Å²) in [5.41, 5.74) is 0.0323. The molecular formula is C35H28ClFN12O11S4. The third kappa shape index (κ3) is 10.6. The molecule has 332 valence electrons. The molecule has 7 N–H and O–H groups in total. The van der Waals surface area contributed by atoms with Crippen LogP contribution in [0, 0.1) is 6.08 Å². The lowest BCUT2D eigenvalue weighted by Crippen LogP contribution is -2.27. The van der Waals surface area contributed by atoms with Gasteiger partial charge < -0.3 is 21.3 Å². The summed E-state index contributed by atoms with van der Waals surface area (Å²) in [6.45, 7) is 1.74. The Morgan fingerprint density at radius 1 is 0.672 bits per heavy atom. The van der Waals surface area contributed by atoms with E-state index in [-0.39, 0.29) is 79.1 Å². The Kier molecular flexibility index (Phi) is 12.6. The van der Waals surface area contributed by atoms with Crippen molar-refractivity contribution in [2.45, 2.75) is 32.5 Å². The Morgan fingerprint density at radius 3 is 1.95 bits per heavy atom. The smallest absolute Gasteiger partial charge is 0.315 e. The van der Waals surface area contributed by atoms with Gasteiger partial charge in [0.15, 0.2) is 10.7 Å². The molecule has 2 heterocycles. The van der Waals surface area contributed by atoms with Gasteiger partial charge in [0.05, 0.1) is 22.0 Å². The van der Waals surface area contributed by atoms with Crippen molar-refractivity contribution in [1.82, 2.24) is 29.9 Å². The SMILES string of the molecule is CC(CNc1nc(Cl)nc(Nc2ccc(/N=N/c3cc(S(=O)(=O)O)c4cccc(S(=O)(=O)O)c4c3)c3cccc(S(=O)(=O)O)c23)n1)Nc1nc(F)nc(Nc2ccc([SH](=O)=O)cc2)n1. The number of azo groups is 1. The van der Waals surface area contributed by atoms with E-state index in [0.29, 0.717) is 5.69 Å². The molecule has 23 nitrogen and oxygen atoms in total. The van der Waals surface area contributed by atoms with E-state index in [1.54, 1.807) is 6.92 Å². The number of thiol groups is 1. The second-order valence-corrected chi connectivity index (χ2v) is 18.8. The quantitative estimate of drug-likeness (QED) is 0.0348. The molecule has 0 fully saturated rings. The van der Waals surface area contributed by atoms with Crippen molar-refractivity contribution in [3.8, 4) is 0 Å². The van der Waals surface area contributed by atoms with Crippen LogP contribution in [0.2, 0.25) is 5.28 Å². The molecule has 7 aromatic rings. The van der Waals surface area contributed by atoms with Crippen LogP contribution < -0.4 is 21.3 Å². The molecule has 0 aliphatic carbocycles. The average molecular weight is 975 g/mol. The molecule has 7 rings (SSSR count). The van der Waals surface area contributed by atoms with E-state index in [9.17, 15) is 51.7 Å². The Bertz CT molecular complexity index is 3450. The maximum Gasteiger partial charge on any atom is 0.315 e. The second-order valence-electron chi connectivity index (χ2n) is 13.2. The van der Waals surface area contributed by atoms with Crippen LogP contribution in [0.3, 0.4) is 0 Å². The highest BCUT2D eigenvalue weighted by Crippen LogP contribution is 2.39. The molecule has 0 saturated carbocycles. The van der Waals surface area contributed by atoms with E-state index < -0.39 is 67.9 Å². The number of anilines is 6. The minimum absolute atomic E-state index is 0.000624. The lowest BCUT2D eigenvalue weighted by atomic mass is 10.1. The van der Waals surface area contributed by atoms with Crippen molar-refractivity contribution in [2.24, 2.45) is 10.2 Å². The summed E-state index contributed by atoms with van der Waals surface area (Å²) in [5.74, 6) is -0.621. The largest absolute Gasteiger partial charge is 0.352 e. The number of aromatic nitrogens is 6. The summed E-state index contributed by atoms with van der Waals surface area (Å²) >= 11 is 6.22. The Balaban J connectivity index is 1.14. The van der Waals surface area contributed by atoms with Crippen LogP contribution in [-0.4, -0.2) is 89.8 Å². The Hall–Kier alpha value is -6.66. The first-order valence-corrected chi connectivity index (χ1v) is 23.6. The maximum atomic E-state index is 14.3. The predicted molar refractivity (Wildman–Crippen MR) is 229 cm³/mol. The molecule has 2 aromatic heterocycles. The van der Waals surface area contributed by atoms with Gasteiger partial charge in [-0.3, -0.25) is 13.7 Å². The summed E-state index contributed by atoms with van der Waals surface area (Å²) in [6, 6.07) is 16.9. The molecule has 0 amide bonds. The molecule has 64 heavy (non-hydrogen) atoms. The summed E-state index contributed by atoms with van der Waals surface area (Å²) in [4.78, 5) is 21.8. The van der Waals surface area contributed by atoms with Gasteiger partial charge in [0.2, 0.25) is 29.1 Å². The van der Waals surface area contributed by atoms with Gasteiger partial charge in [0.1, 0.15) is 14.7 Å². The molecule has 0 aliphatic heterocycles. The van der Waals surface area contributed by atoms with E-state index >= 15 is 0 Å². The first-order chi connectivity index (χ1) is 30.1. The zero-order valence-corrected chi connectivity index (χ0v) is 36.1. The topological polar surface area (TPSA) is 347 Å². The van der Waals surface area contributed by atoms with Crippen molar-refractivity contribution in [3.05, 3.63) is 96.3 Å². The zero-order valence-electron chi connectivity index (χ0n) is 32.0. The van der Waals surface area contributed by atoms with Crippen molar-refractivity contribution in [3.63, 3.8) is 0 Å². The molecule has 1 unspecified atom stereocenters. The highest BCUT2D eigenvalue weighted by Gasteiger charge is 2.23. The Labute approximate surface area is 367 Å². The van der Waals surface area contributed by atoms with Gasteiger partial charge in [-0.1, -0.05) is 24.3 Å². The van der Waals surface area contributed by atoms with E-state index in [4.69, 9.17) is 11.6 Å². The van der Waals surface area contributed by atoms with Crippen molar-refractivity contribution in [1.29, 1.82) is 0 Å². The normalized spacial score (nSPS) is 12.8. The predicted octanol–water partition coefficient (Wildman–Crippen LogP) is 5.68. The number of hydrogen-bond donors (Lipinski definition) is 8. The number of nitrogens with one attached hydrogen (secondary N) is 4. The third-order valence-corrected chi connectivity index (χ3v) is 12.3. The highest BCUT2D eigenvalue weighted by molar-refractivity contribution is 7.86. The first-order valence-electron chi connectivity index (χ1n) is 17.7. The molecule has 0 spiro atoms. The van der Waals surface area contributed by atoms with E-state index in [0.717, 1.165) is 30.3 Å². The summed E-state index contributed by atoms with van der Waals surface area (Å²) in [7, 11) is -17.6. The summed E-state index contributed by atoms with van der Waals surface area (Å²) < 4.78 is 141. The van der Waals surface area contributed by atoms with Crippen LogP contribution >= 0.6 is 11.6 Å². The van der Waals surface area contributed by atoms with Crippen LogP contribution in [0.1, 0.15) is 6.92 Å². The van der Waals surface area contributed by atoms with Crippen molar-refractivity contribution < 1.29 is 51.7 Å². The lowest BCUT2D eigenvalue weighted by Gasteiger charge is -2.16. The third-order valence-electron chi connectivity index (χ3n) is 8.73. The number of rotatable bonds is 15. The second kappa shape index (κ2) is 17.8. The monoisotopic (exact) mass is 974 g/mol. The number of fused-ring (bicyclic) bond motifs is 2. The van der Waals surface area contributed by atoms with Crippen molar-refractivity contribution >= 4 is 121 Å². The minimum Gasteiger partial charge on any atom is -0.352 e. The van der Waals surface area contributed by atoms with E-state index in [1.807, 2.05) is 0 Å². The van der Waals surface area contributed by atoms with E-state index in [1.165, 1.54) is 54.6 Å². The maximum absolute atomic E-state index is 14.3. The Morgan fingerprint density at radius 2 is 1.28 bits per heavy atom. The van der Waals surface area contributed by atoms with Crippen LogP contribution in [0.5, 0.6) is 0 Å². The lowest BCUT2D eigenvalue weighted by molar-refractivity contribution is 0.481. The number of benzene rings is 5. The minimum atomic E-state index is -4.98. The molecule has 0 bridgehead atoms. The zero-order chi connectivity index (χ0) is 46.1. The van der Waals surface area contributed by atoms with Gasteiger partial charge >= 0.3 is 6.08 Å². The van der Waals surface area contributed by atoms with Crippen LogP contribution in [0.15, 0.2) is 115 Å². The fraction of sp³-hybridized carbons (Fsp3) is 0.0857. The van der Waals surface area contributed by atoms with Gasteiger partial charge in [-0.2, -0.15) is 64.7 Å². The van der Waals surface area contributed by atoms with Gasteiger partial charge in [0.25, 0.3) is 30.4 Å². The van der Waals surface area contributed by atoms with Gasteiger partial charge in [0, 0.05) is 39.8 Å². The fourth-order valence-corrected chi connectivity index (χ4v) is 8.77. The van der Waals surface area contributed by atoms with E-state index in [2.05, 4.69) is 61.4 Å². The van der Waals surface area contributed by atoms with Gasteiger partial charge in [-0.15, -0.1) is 5.11 Å². The molecule has 1 atom stereocenters. The van der Waals surface area contributed by atoms with Gasteiger partial charge in [-0.25, -0.2) is 8.42 Å². The van der Waals surface area contributed by atoms with Crippen LogP contribution in [0.25, 0.3) is 21.5 Å². The molecule has 0 radical (unpaired) electrons. The van der Waals surface area contributed by atoms with Crippen molar-refractivity contribution in [2.75, 3.05) is 27.8 Å². The number of halogens is 2. The highest BCUT2D eigenvalue weighted by atomic mass is 35.5. The first kappa shape index (κ1) is 45.4.